The van der Waals surface area contributed by atoms with E-state index in [4.69, 9.17) is 9.73 Å². The number of esters is 1. The summed E-state index contributed by atoms with van der Waals surface area (Å²) >= 11 is 0. The van der Waals surface area contributed by atoms with Gasteiger partial charge in [0, 0.05) is 18.1 Å². The fourth-order valence-electron chi connectivity index (χ4n) is 3.76. The van der Waals surface area contributed by atoms with Gasteiger partial charge in [0.15, 0.2) is 5.54 Å². The highest BCUT2D eigenvalue weighted by molar-refractivity contribution is 6.05. The van der Waals surface area contributed by atoms with Crippen LogP contribution in [0.1, 0.15) is 43.2 Å². The first-order valence-corrected chi connectivity index (χ1v) is 8.84. The molecule has 0 radical (unpaired) electrons. The van der Waals surface area contributed by atoms with Crippen LogP contribution in [0, 0.1) is 0 Å². The Labute approximate surface area is 153 Å². The van der Waals surface area contributed by atoms with Crippen LogP contribution in [0.25, 0.3) is 0 Å². The van der Waals surface area contributed by atoms with E-state index in [1.165, 1.54) is 7.11 Å². The van der Waals surface area contributed by atoms with Crippen molar-refractivity contribution in [3.05, 3.63) is 71.8 Å². The molecule has 1 aliphatic heterocycles. The Bertz CT molecular complexity index is 814. The molecular formula is C22H23NO3. The Morgan fingerprint density at radius 2 is 1.69 bits per heavy atom. The van der Waals surface area contributed by atoms with E-state index in [0.717, 1.165) is 16.8 Å². The maximum absolute atomic E-state index is 12.9. The fraction of sp³-hybridized carbons (Fsp3) is 0.318. The molecule has 0 N–H and O–H groups in total. The number of hydrogen-bond acceptors (Lipinski definition) is 4. The summed E-state index contributed by atoms with van der Waals surface area (Å²) in [6.07, 6.45) is 1.47. The van der Waals surface area contributed by atoms with E-state index in [9.17, 15) is 9.59 Å². The van der Waals surface area contributed by atoms with Crippen LogP contribution in [0.3, 0.4) is 0 Å². The molecule has 26 heavy (non-hydrogen) atoms. The lowest BCUT2D eigenvalue weighted by atomic mass is 9.75. The van der Waals surface area contributed by atoms with Crippen molar-refractivity contribution < 1.29 is 14.3 Å². The zero-order chi connectivity index (χ0) is 18.6. The lowest BCUT2D eigenvalue weighted by Gasteiger charge is -2.32. The van der Waals surface area contributed by atoms with Gasteiger partial charge in [0.25, 0.3) is 0 Å². The van der Waals surface area contributed by atoms with E-state index < -0.39 is 5.54 Å². The first-order valence-electron chi connectivity index (χ1n) is 8.84. The molecule has 1 heterocycles. The van der Waals surface area contributed by atoms with E-state index in [1.54, 1.807) is 6.92 Å². The van der Waals surface area contributed by atoms with Crippen molar-refractivity contribution in [3.63, 3.8) is 0 Å². The maximum Gasteiger partial charge on any atom is 0.334 e. The number of hydrogen-bond donors (Lipinski definition) is 0. The predicted molar refractivity (Wildman–Crippen MR) is 101 cm³/mol. The number of ether oxygens (including phenoxy) is 1. The fourth-order valence-corrected chi connectivity index (χ4v) is 3.76. The monoisotopic (exact) mass is 349 g/mol. The molecule has 0 spiro atoms. The highest BCUT2D eigenvalue weighted by Gasteiger charge is 2.50. The third-order valence-corrected chi connectivity index (χ3v) is 4.99. The molecule has 2 aromatic rings. The maximum atomic E-state index is 12.9. The molecule has 134 valence electrons. The Balaban J connectivity index is 2.11. The van der Waals surface area contributed by atoms with E-state index in [-0.39, 0.29) is 24.1 Å². The van der Waals surface area contributed by atoms with Crippen molar-refractivity contribution in [2.75, 3.05) is 7.11 Å². The quantitative estimate of drug-likeness (QED) is 0.742. The minimum absolute atomic E-state index is 0.0329. The smallest absolute Gasteiger partial charge is 0.334 e. The first-order chi connectivity index (χ1) is 12.6. The summed E-state index contributed by atoms with van der Waals surface area (Å²) in [6, 6.07) is 19.5. The number of benzene rings is 2. The molecule has 0 aliphatic carbocycles. The number of ketones is 1. The number of rotatable bonds is 6. The Kier molecular flexibility index (Phi) is 5.31. The summed E-state index contributed by atoms with van der Waals surface area (Å²) < 4.78 is 5.15. The SMILES string of the molecule is COC(=O)[C@@]1([C@H](CC(C)=O)c2ccccc2)CCC(c2ccccc2)=N1. The zero-order valence-corrected chi connectivity index (χ0v) is 15.1. The van der Waals surface area contributed by atoms with Gasteiger partial charge in [-0.1, -0.05) is 60.7 Å². The molecule has 0 saturated carbocycles. The minimum Gasteiger partial charge on any atom is -0.467 e. The third kappa shape index (κ3) is 3.45. The van der Waals surface area contributed by atoms with Gasteiger partial charge in [-0.15, -0.1) is 0 Å². The number of carbonyl (C=O) groups excluding carboxylic acids is 2. The number of methoxy groups -OCH3 is 1. The van der Waals surface area contributed by atoms with Crippen LogP contribution >= 0.6 is 0 Å². The van der Waals surface area contributed by atoms with Crippen molar-refractivity contribution in [1.82, 2.24) is 0 Å². The molecule has 1 aliphatic rings. The van der Waals surface area contributed by atoms with E-state index >= 15 is 0 Å². The van der Waals surface area contributed by atoms with Crippen LogP contribution in [-0.2, 0) is 14.3 Å². The van der Waals surface area contributed by atoms with Crippen LogP contribution < -0.4 is 0 Å². The average molecular weight is 349 g/mol. The molecule has 2 aromatic carbocycles. The van der Waals surface area contributed by atoms with E-state index in [1.807, 2.05) is 60.7 Å². The van der Waals surface area contributed by atoms with Gasteiger partial charge in [-0.25, -0.2) is 4.79 Å². The highest BCUT2D eigenvalue weighted by atomic mass is 16.5. The van der Waals surface area contributed by atoms with Gasteiger partial charge in [-0.3, -0.25) is 4.99 Å². The Morgan fingerprint density at radius 1 is 1.08 bits per heavy atom. The van der Waals surface area contributed by atoms with Gasteiger partial charge in [0.2, 0.25) is 0 Å². The second-order valence-electron chi connectivity index (χ2n) is 6.71. The van der Waals surface area contributed by atoms with Gasteiger partial charge in [-0.2, -0.15) is 0 Å². The second kappa shape index (κ2) is 7.65. The number of carbonyl (C=O) groups is 2. The van der Waals surface area contributed by atoms with Gasteiger partial charge in [0.1, 0.15) is 5.78 Å². The Morgan fingerprint density at radius 3 is 2.27 bits per heavy atom. The van der Waals surface area contributed by atoms with Crippen LogP contribution in [0.15, 0.2) is 65.7 Å². The highest BCUT2D eigenvalue weighted by Crippen LogP contribution is 2.43. The van der Waals surface area contributed by atoms with Gasteiger partial charge < -0.3 is 9.53 Å². The van der Waals surface area contributed by atoms with Crippen molar-refractivity contribution in [2.45, 2.75) is 37.6 Å². The largest absolute Gasteiger partial charge is 0.467 e. The molecule has 0 fully saturated rings. The predicted octanol–water partition coefficient (Wildman–Crippen LogP) is 3.94. The summed E-state index contributed by atoms with van der Waals surface area (Å²) in [5.74, 6) is -0.682. The number of nitrogens with zero attached hydrogens (tertiary/aromatic N) is 1. The van der Waals surface area contributed by atoms with Crippen LogP contribution in [-0.4, -0.2) is 30.1 Å². The summed E-state index contributed by atoms with van der Waals surface area (Å²) in [7, 11) is 1.38. The van der Waals surface area contributed by atoms with Crippen molar-refractivity contribution in [1.29, 1.82) is 0 Å². The zero-order valence-electron chi connectivity index (χ0n) is 15.1. The molecule has 0 amide bonds. The van der Waals surface area contributed by atoms with Crippen molar-refractivity contribution >= 4 is 17.5 Å². The van der Waals surface area contributed by atoms with Gasteiger partial charge in [0.05, 0.1) is 7.11 Å². The molecule has 0 bridgehead atoms. The van der Waals surface area contributed by atoms with E-state index in [0.29, 0.717) is 12.8 Å². The van der Waals surface area contributed by atoms with Crippen LogP contribution in [0.5, 0.6) is 0 Å². The molecule has 4 heteroatoms. The second-order valence-corrected chi connectivity index (χ2v) is 6.71. The standard InChI is InChI=1S/C22H23NO3/c1-16(24)15-19(17-9-5-3-6-10-17)22(21(25)26-2)14-13-20(23-22)18-11-7-4-8-12-18/h3-12,19H,13-15H2,1-2H3/t19-,22+/m1/s1. The van der Waals surface area contributed by atoms with Crippen molar-refractivity contribution in [3.8, 4) is 0 Å². The van der Waals surface area contributed by atoms with Gasteiger partial charge >= 0.3 is 5.97 Å². The van der Waals surface area contributed by atoms with E-state index in [2.05, 4.69) is 0 Å². The minimum atomic E-state index is -1.06. The molecule has 4 nitrogen and oxygen atoms in total. The van der Waals surface area contributed by atoms with Crippen LogP contribution in [0.2, 0.25) is 0 Å². The van der Waals surface area contributed by atoms with Gasteiger partial charge in [-0.05, 0) is 30.9 Å². The third-order valence-electron chi connectivity index (χ3n) is 4.99. The molecule has 0 unspecified atom stereocenters. The average Bonchev–Trinajstić information content (AvgIpc) is 3.13. The molecule has 0 saturated heterocycles. The summed E-state index contributed by atoms with van der Waals surface area (Å²) in [5.41, 5.74) is 1.77. The lowest BCUT2D eigenvalue weighted by molar-refractivity contribution is -0.148. The number of Topliss-reactive ketones (excluding diaryl/α,β-unsaturated/α-hetero) is 1. The molecule has 3 rings (SSSR count). The molecular weight excluding hydrogens is 326 g/mol. The normalized spacial score (nSPS) is 20.3. The molecule has 2 atom stereocenters. The summed E-state index contributed by atoms with van der Waals surface area (Å²) in [5, 5.41) is 0. The molecule has 0 aromatic heterocycles. The topological polar surface area (TPSA) is 55.7 Å². The van der Waals surface area contributed by atoms with Crippen LogP contribution in [0.4, 0.5) is 0 Å². The number of aliphatic imine (C=N–C) groups is 1. The summed E-state index contributed by atoms with van der Waals surface area (Å²) in [6.45, 7) is 1.55. The van der Waals surface area contributed by atoms with Crippen molar-refractivity contribution in [2.24, 2.45) is 4.99 Å². The lowest BCUT2D eigenvalue weighted by Crippen LogP contribution is -2.42. The first kappa shape index (κ1) is 18.1. The Hall–Kier alpha value is -2.75. The summed E-state index contributed by atoms with van der Waals surface area (Å²) in [4.78, 5) is 29.7.